The van der Waals surface area contributed by atoms with Crippen molar-refractivity contribution >= 4 is 22.2 Å². The number of nitrogens with zero attached hydrogens (tertiary/aromatic N) is 5. The van der Waals surface area contributed by atoms with Crippen molar-refractivity contribution in [3.05, 3.63) is 71.3 Å². The molecule has 4 aromatic rings. The van der Waals surface area contributed by atoms with E-state index in [0.717, 1.165) is 21.9 Å². The summed E-state index contributed by atoms with van der Waals surface area (Å²) in [5.41, 5.74) is 3.58. The number of imidazole rings is 1. The molecular weight excluding hydrogens is 424 g/mol. The lowest BCUT2D eigenvalue weighted by Gasteiger charge is -2.35. The maximum absolute atomic E-state index is 13.4. The highest BCUT2D eigenvalue weighted by atomic mass is 32.1. The van der Waals surface area contributed by atoms with Gasteiger partial charge in [0.05, 0.1) is 23.6 Å². The molecule has 3 aromatic heterocycles. The molecule has 8 nitrogen and oxygen atoms in total. The lowest BCUT2D eigenvalue weighted by atomic mass is 10.2. The third-order valence-electron chi connectivity index (χ3n) is 5.57. The Morgan fingerprint density at radius 2 is 2.03 bits per heavy atom. The highest BCUT2D eigenvalue weighted by molar-refractivity contribution is 7.15. The summed E-state index contributed by atoms with van der Waals surface area (Å²) in [7, 11) is 0. The number of benzene rings is 1. The second kappa shape index (κ2) is 8.85. The number of hydrogen-bond acceptors (Lipinski definition) is 6. The summed E-state index contributed by atoms with van der Waals surface area (Å²) in [6.45, 7) is 6.39. The molecule has 5 rings (SSSR count). The Labute approximate surface area is 190 Å². The largest absolute Gasteiger partial charge is 0.372 e. The van der Waals surface area contributed by atoms with Crippen molar-refractivity contribution in [3.8, 4) is 5.69 Å². The second-order valence-electron chi connectivity index (χ2n) is 8.15. The summed E-state index contributed by atoms with van der Waals surface area (Å²) in [4.78, 5) is 20.7. The molecule has 0 saturated carbocycles. The Bertz CT molecular complexity index is 1200. The first-order valence-corrected chi connectivity index (χ1v) is 11.7. The van der Waals surface area contributed by atoms with Crippen LogP contribution in [0.2, 0.25) is 0 Å². The summed E-state index contributed by atoms with van der Waals surface area (Å²) >= 11 is 1.54. The van der Waals surface area contributed by atoms with Crippen LogP contribution in [0.15, 0.2) is 54.3 Å². The standard InChI is InChI=1S/C23H26N6O2S/c1-16-14-27(15-17(2)31-16)22(30)21-20(28-9-10-32-23(28)26-21)13-24-12-18-5-3-6-19(11-18)29-8-4-7-25-29/h3-11,16-17,24H,12-15H2,1-2H3/t16-,17+. The fourth-order valence-electron chi connectivity index (χ4n) is 4.22. The first-order valence-electron chi connectivity index (χ1n) is 10.8. The van der Waals surface area contributed by atoms with Crippen molar-refractivity contribution in [1.82, 2.24) is 29.4 Å². The molecule has 0 radical (unpaired) electrons. The van der Waals surface area contributed by atoms with Gasteiger partial charge in [0.15, 0.2) is 10.7 Å². The van der Waals surface area contributed by atoms with Crippen LogP contribution in [0.25, 0.3) is 10.6 Å². The fourth-order valence-corrected chi connectivity index (χ4v) is 4.95. The zero-order valence-corrected chi connectivity index (χ0v) is 19.0. The van der Waals surface area contributed by atoms with E-state index in [2.05, 4.69) is 27.5 Å². The average Bonchev–Trinajstić information content (AvgIpc) is 3.52. The number of carbonyl (C=O) groups excluding carboxylic acids is 1. The molecule has 0 unspecified atom stereocenters. The number of fused-ring (bicyclic) bond motifs is 1. The van der Waals surface area contributed by atoms with Crippen molar-refractivity contribution < 1.29 is 9.53 Å². The lowest BCUT2D eigenvalue weighted by Crippen LogP contribution is -2.48. The topological polar surface area (TPSA) is 76.7 Å². The van der Waals surface area contributed by atoms with Crippen molar-refractivity contribution in [2.24, 2.45) is 0 Å². The summed E-state index contributed by atoms with van der Waals surface area (Å²) in [5, 5.41) is 9.78. The predicted molar refractivity (Wildman–Crippen MR) is 123 cm³/mol. The van der Waals surface area contributed by atoms with E-state index in [0.29, 0.717) is 31.9 Å². The van der Waals surface area contributed by atoms with Gasteiger partial charge in [-0.3, -0.25) is 9.20 Å². The van der Waals surface area contributed by atoms with Gasteiger partial charge in [0.2, 0.25) is 0 Å². The normalized spacial score (nSPS) is 19.0. The van der Waals surface area contributed by atoms with Crippen LogP contribution in [0.1, 0.15) is 35.6 Å². The van der Waals surface area contributed by atoms with E-state index >= 15 is 0 Å². The van der Waals surface area contributed by atoms with E-state index in [4.69, 9.17) is 4.74 Å². The molecule has 1 aliphatic heterocycles. The molecule has 32 heavy (non-hydrogen) atoms. The van der Waals surface area contributed by atoms with Gasteiger partial charge in [-0.05, 0) is 37.6 Å². The average molecular weight is 451 g/mol. The van der Waals surface area contributed by atoms with Crippen LogP contribution in [-0.2, 0) is 17.8 Å². The number of thiazole rings is 1. The molecule has 1 saturated heterocycles. The Morgan fingerprint density at radius 1 is 1.19 bits per heavy atom. The van der Waals surface area contributed by atoms with Crippen molar-refractivity contribution in [1.29, 1.82) is 0 Å². The van der Waals surface area contributed by atoms with Crippen molar-refractivity contribution in [3.63, 3.8) is 0 Å². The number of aromatic nitrogens is 4. The number of morpholine rings is 1. The zero-order chi connectivity index (χ0) is 22.1. The van der Waals surface area contributed by atoms with E-state index in [1.165, 1.54) is 11.3 Å². The summed E-state index contributed by atoms with van der Waals surface area (Å²) in [6.07, 6.45) is 5.72. The van der Waals surface area contributed by atoms with Crippen molar-refractivity contribution in [2.45, 2.75) is 39.1 Å². The third kappa shape index (κ3) is 4.19. The van der Waals surface area contributed by atoms with Crippen molar-refractivity contribution in [2.75, 3.05) is 13.1 Å². The van der Waals surface area contributed by atoms with Crippen LogP contribution >= 0.6 is 11.3 Å². The van der Waals surface area contributed by atoms with Crippen LogP contribution in [0, 0.1) is 0 Å². The van der Waals surface area contributed by atoms with E-state index in [1.54, 1.807) is 6.20 Å². The number of carbonyl (C=O) groups is 1. The minimum Gasteiger partial charge on any atom is -0.372 e. The lowest BCUT2D eigenvalue weighted by molar-refractivity contribution is -0.0587. The Hall–Kier alpha value is -3.01. The molecule has 166 valence electrons. The predicted octanol–water partition coefficient (Wildman–Crippen LogP) is 3.12. The van der Waals surface area contributed by atoms with Crippen LogP contribution < -0.4 is 5.32 Å². The molecule has 1 fully saturated rings. The number of ether oxygens (including phenoxy) is 1. The molecule has 0 aliphatic carbocycles. The van der Waals surface area contributed by atoms with Gasteiger partial charge in [0.1, 0.15) is 0 Å². The first-order chi connectivity index (χ1) is 15.6. The molecule has 2 atom stereocenters. The van der Waals surface area contributed by atoms with E-state index in [1.807, 2.05) is 63.8 Å². The Morgan fingerprint density at radius 3 is 2.81 bits per heavy atom. The molecule has 0 bridgehead atoms. The summed E-state index contributed by atoms with van der Waals surface area (Å²) in [5.74, 6) is -0.0274. The highest BCUT2D eigenvalue weighted by Crippen LogP contribution is 2.21. The molecule has 1 aromatic carbocycles. The number of nitrogens with one attached hydrogen (secondary N) is 1. The number of rotatable bonds is 6. The maximum Gasteiger partial charge on any atom is 0.274 e. The van der Waals surface area contributed by atoms with Crippen LogP contribution in [-0.4, -0.2) is 55.3 Å². The van der Waals surface area contributed by atoms with Gasteiger partial charge in [0, 0.05) is 50.1 Å². The Balaban J connectivity index is 1.33. The highest BCUT2D eigenvalue weighted by Gasteiger charge is 2.30. The quantitative estimate of drug-likeness (QED) is 0.488. The fraction of sp³-hybridized carbons (Fsp3) is 0.348. The van der Waals surface area contributed by atoms with Gasteiger partial charge in [-0.1, -0.05) is 12.1 Å². The SMILES string of the molecule is C[C@@H]1CN(C(=O)c2nc3sccn3c2CNCc2cccc(-n3cccn3)c2)C[C@H](C)O1. The molecular formula is C23H26N6O2S. The Kier molecular flexibility index (Phi) is 5.77. The van der Waals surface area contributed by atoms with Gasteiger partial charge in [0.25, 0.3) is 5.91 Å². The molecule has 1 N–H and O–H groups in total. The van der Waals surface area contributed by atoms with E-state index < -0.39 is 0 Å². The minimum absolute atomic E-state index is 0.0232. The van der Waals surface area contributed by atoms with Crippen LogP contribution in [0.3, 0.4) is 0 Å². The van der Waals surface area contributed by atoms with Crippen LogP contribution in [0.4, 0.5) is 0 Å². The molecule has 0 spiro atoms. The summed E-state index contributed by atoms with van der Waals surface area (Å²) in [6, 6.07) is 10.2. The van der Waals surface area contributed by atoms with Gasteiger partial charge < -0.3 is 15.0 Å². The summed E-state index contributed by atoms with van der Waals surface area (Å²) < 4.78 is 9.65. The molecule has 9 heteroatoms. The van der Waals surface area contributed by atoms with Gasteiger partial charge in [-0.15, -0.1) is 11.3 Å². The third-order valence-corrected chi connectivity index (χ3v) is 6.33. The van der Waals surface area contributed by atoms with E-state index in [9.17, 15) is 4.79 Å². The van der Waals surface area contributed by atoms with Gasteiger partial charge >= 0.3 is 0 Å². The second-order valence-corrected chi connectivity index (χ2v) is 9.03. The number of amides is 1. The van der Waals surface area contributed by atoms with Gasteiger partial charge in [-0.2, -0.15) is 5.10 Å². The monoisotopic (exact) mass is 450 g/mol. The molecule has 1 amide bonds. The zero-order valence-electron chi connectivity index (χ0n) is 18.1. The molecule has 1 aliphatic rings. The molecule has 4 heterocycles. The van der Waals surface area contributed by atoms with Crippen LogP contribution in [0.5, 0.6) is 0 Å². The smallest absolute Gasteiger partial charge is 0.274 e. The minimum atomic E-state index is -0.0274. The van der Waals surface area contributed by atoms with E-state index in [-0.39, 0.29) is 18.1 Å². The first kappa shape index (κ1) is 20.9. The maximum atomic E-state index is 13.4. The number of hydrogen-bond donors (Lipinski definition) is 1. The van der Waals surface area contributed by atoms with Gasteiger partial charge in [-0.25, -0.2) is 9.67 Å².